The molecule has 1 aromatic carbocycles. The van der Waals surface area contributed by atoms with Gasteiger partial charge >= 0.3 is 6.18 Å². The molecule has 1 rings (SSSR count). The van der Waals surface area contributed by atoms with Gasteiger partial charge in [0.15, 0.2) is 6.61 Å². The highest BCUT2D eigenvalue weighted by atomic mass is 19.4. The summed E-state index contributed by atoms with van der Waals surface area (Å²) < 4.78 is 46.4. The van der Waals surface area contributed by atoms with Crippen molar-refractivity contribution in [3.8, 4) is 11.5 Å². The van der Waals surface area contributed by atoms with E-state index in [0.717, 1.165) is 0 Å². The van der Waals surface area contributed by atoms with E-state index in [4.69, 9.17) is 9.47 Å². The number of hydrogen-bond acceptors (Lipinski definition) is 3. The summed E-state index contributed by atoms with van der Waals surface area (Å²) in [5.74, 6) is 0.648. The first-order valence-corrected chi connectivity index (χ1v) is 5.91. The molecule has 108 valence electrons. The molecule has 6 heteroatoms. The smallest absolute Gasteiger partial charge is 0.422 e. The molecular weight excluding hydrogens is 259 g/mol. The molecule has 0 aliphatic rings. The standard InChI is InChI=1S/C13H18F3NO2/c1-9(2)17-7-10-4-5-11(18-3)6-12(10)19-8-13(14,15)16/h4-6,9,17H,7-8H2,1-3H3. The third-order valence-corrected chi connectivity index (χ3v) is 2.37. The first-order chi connectivity index (χ1) is 8.81. The molecule has 0 aliphatic carbocycles. The fourth-order valence-electron chi connectivity index (χ4n) is 1.42. The molecule has 0 spiro atoms. The minimum atomic E-state index is -4.36. The van der Waals surface area contributed by atoms with Crippen LogP contribution in [0.3, 0.4) is 0 Å². The van der Waals surface area contributed by atoms with Gasteiger partial charge in [-0.15, -0.1) is 0 Å². The zero-order chi connectivity index (χ0) is 14.5. The highest BCUT2D eigenvalue weighted by Crippen LogP contribution is 2.27. The van der Waals surface area contributed by atoms with Gasteiger partial charge in [-0.1, -0.05) is 19.9 Å². The molecule has 0 heterocycles. The van der Waals surface area contributed by atoms with Crippen LogP contribution in [0.4, 0.5) is 13.2 Å². The highest BCUT2D eigenvalue weighted by Gasteiger charge is 2.28. The van der Waals surface area contributed by atoms with Gasteiger partial charge in [-0.3, -0.25) is 0 Å². The largest absolute Gasteiger partial charge is 0.497 e. The van der Waals surface area contributed by atoms with Crippen LogP contribution in [0.2, 0.25) is 0 Å². The van der Waals surface area contributed by atoms with Crippen LogP contribution in [0.1, 0.15) is 19.4 Å². The van der Waals surface area contributed by atoms with E-state index in [2.05, 4.69) is 5.32 Å². The molecule has 0 aliphatic heterocycles. The molecule has 0 saturated carbocycles. The van der Waals surface area contributed by atoms with Crippen LogP contribution < -0.4 is 14.8 Å². The van der Waals surface area contributed by atoms with Crippen molar-refractivity contribution in [3.05, 3.63) is 23.8 Å². The Kier molecular flexibility index (Phi) is 5.47. The summed E-state index contributed by atoms with van der Waals surface area (Å²) in [5, 5.41) is 3.13. The lowest BCUT2D eigenvalue weighted by Gasteiger charge is -2.15. The molecule has 1 aromatic rings. The van der Waals surface area contributed by atoms with Gasteiger partial charge in [-0.05, 0) is 6.07 Å². The van der Waals surface area contributed by atoms with Crippen LogP contribution in [0, 0.1) is 0 Å². The Morgan fingerprint density at radius 2 is 1.95 bits per heavy atom. The van der Waals surface area contributed by atoms with E-state index in [1.807, 2.05) is 13.8 Å². The van der Waals surface area contributed by atoms with E-state index in [9.17, 15) is 13.2 Å². The summed E-state index contributed by atoms with van der Waals surface area (Å²) in [5.41, 5.74) is 0.666. The zero-order valence-electron chi connectivity index (χ0n) is 11.2. The van der Waals surface area contributed by atoms with Crippen molar-refractivity contribution < 1.29 is 22.6 Å². The number of rotatable bonds is 6. The zero-order valence-corrected chi connectivity index (χ0v) is 11.2. The van der Waals surface area contributed by atoms with E-state index in [1.54, 1.807) is 12.1 Å². The summed E-state index contributed by atoms with van der Waals surface area (Å²) in [7, 11) is 1.45. The average Bonchev–Trinajstić information content (AvgIpc) is 2.33. The second kappa shape index (κ2) is 6.65. The monoisotopic (exact) mass is 277 g/mol. The molecule has 0 radical (unpaired) electrons. The van der Waals surface area contributed by atoms with Crippen LogP contribution >= 0.6 is 0 Å². The van der Waals surface area contributed by atoms with Gasteiger partial charge < -0.3 is 14.8 Å². The molecule has 0 atom stereocenters. The third-order valence-electron chi connectivity index (χ3n) is 2.37. The van der Waals surface area contributed by atoms with Gasteiger partial charge in [0.1, 0.15) is 11.5 Å². The lowest BCUT2D eigenvalue weighted by molar-refractivity contribution is -0.153. The molecule has 19 heavy (non-hydrogen) atoms. The Morgan fingerprint density at radius 3 is 2.47 bits per heavy atom. The van der Waals surface area contributed by atoms with Crippen molar-refractivity contribution >= 4 is 0 Å². The second-order valence-electron chi connectivity index (χ2n) is 4.41. The van der Waals surface area contributed by atoms with E-state index in [-0.39, 0.29) is 11.8 Å². The molecule has 0 saturated heterocycles. The number of alkyl halides is 3. The predicted octanol–water partition coefficient (Wildman–Crippen LogP) is 3.13. The Bertz CT molecular complexity index is 405. The van der Waals surface area contributed by atoms with Crippen molar-refractivity contribution in [3.63, 3.8) is 0 Å². The van der Waals surface area contributed by atoms with Gasteiger partial charge in [0, 0.05) is 24.2 Å². The van der Waals surface area contributed by atoms with Crippen LogP contribution in [0.5, 0.6) is 11.5 Å². The maximum atomic E-state index is 12.2. The molecule has 0 aromatic heterocycles. The molecule has 0 unspecified atom stereocenters. The number of hydrogen-bond donors (Lipinski definition) is 1. The Labute approximate surface area is 110 Å². The van der Waals surface area contributed by atoms with Gasteiger partial charge in [-0.25, -0.2) is 0 Å². The summed E-state index contributed by atoms with van der Waals surface area (Å²) in [4.78, 5) is 0. The van der Waals surface area contributed by atoms with Crippen LogP contribution in [-0.4, -0.2) is 25.9 Å². The number of ether oxygens (including phenoxy) is 2. The summed E-state index contributed by atoms with van der Waals surface area (Å²) >= 11 is 0. The van der Waals surface area contributed by atoms with Crippen molar-refractivity contribution in [2.75, 3.05) is 13.7 Å². The number of benzene rings is 1. The second-order valence-corrected chi connectivity index (χ2v) is 4.41. The Balaban J connectivity index is 2.83. The SMILES string of the molecule is COc1ccc(CNC(C)C)c(OCC(F)(F)F)c1. The molecule has 0 fully saturated rings. The van der Waals surface area contributed by atoms with Crippen LogP contribution in [0.25, 0.3) is 0 Å². The topological polar surface area (TPSA) is 30.5 Å². The van der Waals surface area contributed by atoms with Gasteiger partial charge in [0.25, 0.3) is 0 Å². The number of halogens is 3. The quantitative estimate of drug-likeness (QED) is 0.866. The van der Waals surface area contributed by atoms with Gasteiger partial charge in [0.05, 0.1) is 7.11 Å². The molecule has 0 bridgehead atoms. The normalized spacial score (nSPS) is 11.7. The first-order valence-electron chi connectivity index (χ1n) is 5.91. The molecule has 1 N–H and O–H groups in total. The Morgan fingerprint density at radius 1 is 1.26 bits per heavy atom. The molecule has 3 nitrogen and oxygen atoms in total. The lowest BCUT2D eigenvalue weighted by Crippen LogP contribution is -2.23. The van der Waals surface area contributed by atoms with Crippen molar-refractivity contribution in [1.82, 2.24) is 5.32 Å². The van der Waals surface area contributed by atoms with E-state index >= 15 is 0 Å². The fourth-order valence-corrected chi connectivity index (χ4v) is 1.42. The minimum Gasteiger partial charge on any atom is -0.497 e. The first kappa shape index (κ1) is 15.6. The van der Waals surface area contributed by atoms with Crippen molar-refractivity contribution in [2.45, 2.75) is 32.6 Å². The maximum Gasteiger partial charge on any atom is 0.422 e. The van der Waals surface area contributed by atoms with Crippen molar-refractivity contribution in [1.29, 1.82) is 0 Å². The van der Waals surface area contributed by atoms with Gasteiger partial charge in [-0.2, -0.15) is 13.2 Å². The van der Waals surface area contributed by atoms with E-state index < -0.39 is 12.8 Å². The summed E-state index contributed by atoms with van der Waals surface area (Å²) in [6.07, 6.45) is -4.36. The van der Waals surface area contributed by atoms with Gasteiger partial charge in [0.2, 0.25) is 0 Å². The minimum absolute atomic E-state index is 0.185. The maximum absolute atomic E-state index is 12.2. The lowest BCUT2D eigenvalue weighted by atomic mass is 10.2. The van der Waals surface area contributed by atoms with E-state index in [1.165, 1.54) is 13.2 Å². The molecule has 0 amide bonds. The number of nitrogens with one attached hydrogen (secondary N) is 1. The average molecular weight is 277 g/mol. The Hall–Kier alpha value is -1.43. The van der Waals surface area contributed by atoms with Crippen LogP contribution in [0.15, 0.2) is 18.2 Å². The van der Waals surface area contributed by atoms with E-state index in [0.29, 0.717) is 17.9 Å². The predicted molar refractivity (Wildman–Crippen MR) is 66.5 cm³/mol. The summed E-state index contributed by atoms with van der Waals surface area (Å²) in [6.45, 7) is 3.04. The summed E-state index contributed by atoms with van der Waals surface area (Å²) in [6, 6.07) is 5.08. The number of methoxy groups -OCH3 is 1. The van der Waals surface area contributed by atoms with Crippen LogP contribution in [-0.2, 0) is 6.54 Å². The fraction of sp³-hybridized carbons (Fsp3) is 0.538. The highest BCUT2D eigenvalue weighted by molar-refractivity contribution is 5.40. The third kappa shape index (κ3) is 5.83. The van der Waals surface area contributed by atoms with Crippen molar-refractivity contribution in [2.24, 2.45) is 0 Å². The molecular formula is C13H18F3NO2.